The van der Waals surface area contributed by atoms with Crippen LogP contribution in [0, 0.1) is 34.9 Å². The van der Waals surface area contributed by atoms with E-state index in [1.165, 1.54) is 72.9 Å². The highest BCUT2D eigenvalue weighted by Crippen LogP contribution is 2.58. The van der Waals surface area contributed by atoms with Gasteiger partial charge in [0.2, 0.25) is 0 Å². The van der Waals surface area contributed by atoms with Crippen LogP contribution in [0.15, 0.2) is 200 Å². The summed E-state index contributed by atoms with van der Waals surface area (Å²) in [6.07, 6.45) is -3.45. The number of nitrogens with zero attached hydrogens (tertiary/aromatic N) is 6. The highest BCUT2D eigenvalue weighted by Gasteiger charge is 2.69. The number of hydrogen-bond donors (Lipinski definition) is 3. The lowest BCUT2D eigenvalue weighted by Gasteiger charge is -2.36. The molecule has 3 N–H and O–H groups in total. The number of pyridine rings is 3. The molecule has 6 aromatic carbocycles. The minimum Gasteiger partial charge on any atom is -0.494 e. The molecular formula is C71H65BBrF18N6O8P. The molecule has 4 atom stereocenters. The normalized spacial score (nSPS) is 15.7. The molecule has 12 rings (SSSR count). The van der Waals surface area contributed by atoms with Crippen LogP contribution >= 0.6 is 25.8 Å². The average molecular weight is 1590 g/mol. The predicted molar refractivity (Wildman–Crippen MR) is 363 cm³/mol. The van der Waals surface area contributed by atoms with Crippen molar-refractivity contribution in [1.29, 1.82) is 0 Å². The maximum atomic E-state index is 15.8. The quantitative estimate of drug-likeness (QED) is 0.0284. The van der Waals surface area contributed by atoms with E-state index in [0.717, 1.165) is 84.0 Å². The van der Waals surface area contributed by atoms with Gasteiger partial charge >= 0.3 is 37.2 Å². The molecule has 2 aliphatic heterocycles. The Balaban J connectivity index is 0.000000266. The van der Waals surface area contributed by atoms with Gasteiger partial charge in [-0.3, -0.25) is 15.0 Å². The second-order valence-electron chi connectivity index (χ2n) is 22.2. The molecule has 10 aromatic rings. The second kappa shape index (κ2) is 35.5. The number of aliphatic hydroxyl groups is 1. The van der Waals surface area contributed by atoms with Gasteiger partial charge in [0.1, 0.15) is 81.9 Å². The number of alkyl halides is 12. The molecule has 2 fully saturated rings. The SMILES string of the molecule is C.C.C.CCOc1ccc(B(O)O)cc1.Fc1ccc(C2(C(F)(F)c3ccc(-c4ccc(OCC(F)(F)F)cc4)cn3)CO2)c(F)c1.Fc1ccc(C2(C(F)(F)c3ccc(Br)cn3)CO2)c(F)c1.OC(Cn1cncn1)(c1ccc(F)cc1F)C(F)(F)c1ccc(-c2ccc(OCC(F)(F)F)cc2)cn1.P. The van der Waals surface area contributed by atoms with E-state index in [1.807, 2.05) is 6.92 Å². The number of rotatable bonds is 20. The van der Waals surface area contributed by atoms with Gasteiger partial charge in [0.25, 0.3) is 0 Å². The van der Waals surface area contributed by atoms with Crippen LogP contribution < -0.4 is 19.7 Å². The number of halogens is 19. The average Bonchev–Trinajstić information content (AvgIpc) is 1.55. The largest absolute Gasteiger partial charge is 0.494 e. The minimum absolute atomic E-state index is 0. The zero-order valence-electron chi connectivity index (χ0n) is 52.7. The Morgan fingerprint density at radius 1 is 0.500 bits per heavy atom. The van der Waals surface area contributed by atoms with Gasteiger partial charge in [0, 0.05) is 69.1 Å². The third-order valence-electron chi connectivity index (χ3n) is 15.3. The first-order valence-electron chi connectivity index (χ1n) is 29.6. The summed E-state index contributed by atoms with van der Waals surface area (Å²) in [5.41, 5.74) is -9.35. The lowest BCUT2D eigenvalue weighted by Crippen LogP contribution is -2.48. The summed E-state index contributed by atoms with van der Waals surface area (Å²) in [6.45, 7) is -2.16. The molecule has 0 bridgehead atoms. The molecule has 106 heavy (non-hydrogen) atoms. The Hall–Kier alpha value is -9.18. The van der Waals surface area contributed by atoms with Gasteiger partial charge in [-0.15, -0.1) is 0 Å². The maximum Gasteiger partial charge on any atom is 0.488 e. The first-order valence-corrected chi connectivity index (χ1v) is 30.4. The monoisotopic (exact) mass is 1590 g/mol. The molecule has 0 amide bonds. The van der Waals surface area contributed by atoms with Crippen LogP contribution in [0.1, 0.15) is 63.0 Å². The van der Waals surface area contributed by atoms with Gasteiger partial charge in [-0.25, -0.2) is 36.0 Å². The highest BCUT2D eigenvalue weighted by molar-refractivity contribution is 9.10. The van der Waals surface area contributed by atoms with E-state index in [1.54, 1.807) is 24.3 Å². The van der Waals surface area contributed by atoms with Crippen LogP contribution in [0.4, 0.5) is 79.0 Å². The third-order valence-corrected chi connectivity index (χ3v) is 15.7. The number of benzene rings is 6. The Kier molecular flexibility index (Phi) is 29.3. The van der Waals surface area contributed by atoms with Crippen molar-refractivity contribution < 1.29 is 118 Å². The lowest BCUT2D eigenvalue weighted by atomic mass is 9.80. The van der Waals surface area contributed by atoms with Gasteiger partial charge in [-0.05, 0) is 137 Å². The Labute approximate surface area is 606 Å². The zero-order valence-corrected chi connectivity index (χ0v) is 55.8. The predicted octanol–water partition coefficient (Wildman–Crippen LogP) is 17.1. The van der Waals surface area contributed by atoms with E-state index in [9.17, 15) is 66.6 Å². The van der Waals surface area contributed by atoms with Gasteiger partial charge in [0.15, 0.2) is 30.0 Å². The zero-order chi connectivity index (χ0) is 74.2. The summed E-state index contributed by atoms with van der Waals surface area (Å²) in [5.74, 6) is -17.1. The van der Waals surface area contributed by atoms with Gasteiger partial charge < -0.3 is 38.8 Å². The van der Waals surface area contributed by atoms with Crippen molar-refractivity contribution in [3.8, 4) is 39.5 Å². The smallest absolute Gasteiger partial charge is 0.488 e. The molecule has 6 heterocycles. The molecule has 4 unspecified atom stereocenters. The molecule has 568 valence electrons. The molecule has 0 radical (unpaired) electrons. The molecule has 0 spiro atoms. The molecule has 0 saturated carbocycles. The van der Waals surface area contributed by atoms with Crippen molar-refractivity contribution in [3.05, 3.63) is 268 Å². The molecule has 2 saturated heterocycles. The molecule has 0 aliphatic carbocycles. The molecule has 14 nitrogen and oxygen atoms in total. The topological polar surface area (TPSA) is 183 Å². The minimum atomic E-state index is -4.50. The number of aromatic nitrogens is 6. The molecule has 2 aliphatic rings. The fourth-order valence-electron chi connectivity index (χ4n) is 9.93. The van der Waals surface area contributed by atoms with Crippen molar-refractivity contribution in [2.75, 3.05) is 33.0 Å². The number of hydrogen-bond acceptors (Lipinski definition) is 13. The Bertz CT molecular complexity index is 4440. The summed E-state index contributed by atoms with van der Waals surface area (Å²) in [7, 11) is -1.40. The van der Waals surface area contributed by atoms with E-state index in [4.69, 9.17) is 24.3 Å². The fourth-order valence-corrected chi connectivity index (χ4v) is 10.2. The van der Waals surface area contributed by atoms with Gasteiger partial charge in [-0.1, -0.05) is 70.8 Å². The summed E-state index contributed by atoms with van der Waals surface area (Å²) in [5, 5.41) is 32.4. The first-order chi connectivity index (χ1) is 48.0. The molecule has 4 aromatic heterocycles. The Morgan fingerprint density at radius 2 is 0.887 bits per heavy atom. The first kappa shape index (κ1) is 87.5. The lowest BCUT2D eigenvalue weighted by molar-refractivity contribution is -0.207. The third kappa shape index (κ3) is 20.5. The van der Waals surface area contributed by atoms with Crippen molar-refractivity contribution in [3.63, 3.8) is 0 Å². The summed E-state index contributed by atoms with van der Waals surface area (Å²) < 4.78 is 272. The summed E-state index contributed by atoms with van der Waals surface area (Å²) in [4.78, 5) is 14.8. The van der Waals surface area contributed by atoms with Gasteiger partial charge in [-0.2, -0.15) is 67.7 Å². The fraction of sp³-hybridized carbons (Fsp3) is 0.254. The second-order valence-corrected chi connectivity index (χ2v) is 23.2. The van der Waals surface area contributed by atoms with Gasteiger partial charge in [0.05, 0.1) is 26.4 Å². The number of ether oxygens (including phenoxy) is 5. The van der Waals surface area contributed by atoms with Crippen molar-refractivity contribution in [2.45, 2.75) is 82.7 Å². The van der Waals surface area contributed by atoms with Crippen molar-refractivity contribution >= 4 is 38.4 Å². The standard InChI is InChI=1S/C24H17F7N4O2.C22H14F7NO2.C14H8BrF4NO.C8H11BO3.3CH4.H3P/c25-17-4-7-19(20(26)9-17)22(36,11-35-14-32-13-34-35)24(30,31)21-8-3-16(10-33-21)15-1-5-18(6-2-15)37-12-23(27,28)29;23-15-4-7-17(18(24)9-15)20(11-32-20)22(28,29)19-8-3-14(10-30-19)13-1-5-16(6-2-13)31-12-21(25,26)27;15-8-1-4-12(20-6-8)14(18,19)13(7-21-13)10-3-2-9(16)5-11(10)17;1-2-12-8-5-3-7(4-6-8)9(10)11;;;;/h1-10,13-14,36H,11-12H2;1-10H,11-12H2;1-6H,7H2;3-6,10-11H,2H2,1H3;3*1H4;1H3. The van der Waals surface area contributed by atoms with Crippen LogP contribution in [0.5, 0.6) is 17.2 Å². The molecular weight excluding hydrogens is 1530 g/mol. The van der Waals surface area contributed by atoms with E-state index in [2.05, 4.69) is 50.4 Å². The summed E-state index contributed by atoms with van der Waals surface area (Å²) in [6, 6.07) is 31.3. The van der Waals surface area contributed by atoms with Crippen LogP contribution in [0.2, 0.25) is 0 Å². The van der Waals surface area contributed by atoms with Crippen LogP contribution in [-0.4, -0.2) is 97.4 Å². The van der Waals surface area contributed by atoms with Crippen molar-refractivity contribution in [1.82, 2.24) is 29.7 Å². The van der Waals surface area contributed by atoms with E-state index < -0.39 is 144 Å². The number of epoxide rings is 2. The van der Waals surface area contributed by atoms with Crippen LogP contribution in [0.25, 0.3) is 22.3 Å². The van der Waals surface area contributed by atoms with E-state index >= 15 is 17.6 Å². The molecule has 35 heteroatoms. The van der Waals surface area contributed by atoms with E-state index in [0.29, 0.717) is 63.1 Å². The Morgan fingerprint density at radius 3 is 1.24 bits per heavy atom. The van der Waals surface area contributed by atoms with Crippen LogP contribution in [-0.2, 0) is 50.6 Å². The highest BCUT2D eigenvalue weighted by atomic mass is 79.9. The van der Waals surface area contributed by atoms with Crippen molar-refractivity contribution in [2.24, 2.45) is 0 Å². The maximum absolute atomic E-state index is 15.8. The van der Waals surface area contributed by atoms with E-state index in [-0.39, 0.29) is 55.8 Å². The summed E-state index contributed by atoms with van der Waals surface area (Å²) >= 11 is 3.10. The van der Waals surface area contributed by atoms with Crippen LogP contribution in [0.3, 0.4) is 0 Å².